The number of rotatable bonds is 1. The number of fused-ring (bicyclic) bond motifs is 1. The molecule has 1 aromatic heterocycles. The third-order valence-corrected chi connectivity index (χ3v) is 4.42. The lowest BCUT2D eigenvalue weighted by molar-refractivity contribution is 0.276. The Bertz CT molecular complexity index is 445. The zero-order valence-electron chi connectivity index (χ0n) is 11.5. The molecule has 0 radical (unpaired) electrons. The average Bonchev–Trinajstić information content (AvgIpc) is 2.69. The minimum Gasteiger partial charge on any atom is -0.389 e. The molecule has 2 nitrogen and oxygen atoms in total. The second kappa shape index (κ2) is 6.19. The largest absolute Gasteiger partial charge is 0.389 e. The number of hydrogen-bond donors (Lipinski definition) is 1. The molecule has 2 rings (SSSR count). The van der Waals surface area contributed by atoms with Gasteiger partial charge in [0.2, 0.25) is 0 Å². The third-order valence-electron chi connectivity index (χ3n) is 3.30. The van der Waals surface area contributed by atoms with E-state index in [0.717, 1.165) is 12.0 Å². The summed E-state index contributed by atoms with van der Waals surface area (Å²) in [5.41, 5.74) is 7.19. The van der Waals surface area contributed by atoms with Crippen molar-refractivity contribution in [3.05, 3.63) is 16.0 Å². The first kappa shape index (κ1) is 15.0. The first-order chi connectivity index (χ1) is 8.56. The van der Waals surface area contributed by atoms with Crippen LogP contribution in [0.3, 0.4) is 0 Å². The molecule has 0 saturated carbocycles. The number of thiophene rings is 1. The molecule has 1 aliphatic carbocycles. The average molecular weight is 268 g/mol. The molecule has 0 amide bonds. The highest BCUT2D eigenvalue weighted by Crippen LogP contribution is 2.49. The maximum atomic E-state index is 13.8. The van der Waals surface area contributed by atoms with E-state index in [1.807, 2.05) is 13.8 Å². The fourth-order valence-electron chi connectivity index (χ4n) is 2.46. The van der Waals surface area contributed by atoms with E-state index in [9.17, 15) is 4.39 Å². The van der Waals surface area contributed by atoms with E-state index in [1.54, 1.807) is 0 Å². The normalized spacial score (nSPS) is 21.8. The molecule has 2 N–H and O–H groups in total. The number of hydrogen-bond acceptors (Lipinski definition) is 3. The first-order valence-electron chi connectivity index (χ1n) is 6.52. The first-order valence-corrected chi connectivity index (χ1v) is 7.34. The van der Waals surface area contributed by atoms with Crippen LogP contribution < -0.4 is 5.73 Å². The summed E-state index contributed by atoms with van der Waals surface area (Å²) in [7, 11) is 0. The van der Waals surface area contributed by atoms with Crippen molar-refractivity contribution in [3.63, 3.8) is 0 Å². The molecule has 0 saturated heterocycles. The molecular formula is C14H21FN2S. The van der Waals surface area contributed by atoms with E-state index < -0.39 is 6.17 Å². The molecule has 0 aliphatic heterocycles. The summed E-state index contributed by atoms with van der Waals surface area (Å²) in [4.78, 5) is 0.694. The molecule has 100 valence electrons. The van der Waals surface area contributed by atoms with Crippen LogP contribution in [-0.2, 0) is 0 Å². The van der Waals surface area contributed by atoms with Crippen LogP contribution in [0.1, 0.15) is 68.6 Å². The smallest absolute Gasteiger partial charge is 0.135 e. The lowest BCUT2D eigenvalue weighted by Crippen LogP contribution is -2.15. The summed E-state index contributed by atoms with van der Waals surface area (Å²) >= 11 is 1.25. The van der Waals surface area contributed by atoms with Crippen molar-refractivity contribution >= 4 is 16.3 Å². The number of nitrogen functional groups attached to an aromatic ring is 1. The van der Waals surface area contributed by atoms with Crippen molar-refractivity contribution in [2.45, 2.75) is 52.6 Å². The molecule has 0 bridgehead atoms. The Balaban J connectivity index is 0.000000771. The summed E-state index contributed by atoms with van der Waals surface area (Å²) in [5, 5.41) is 9.58. The summed E-state index contributed by atoms with van der Waals surface area (Å²) in [6.07, 6.45) is 0.441. The van der Waals surface area contributed by atoms with Crippen LogP contribution >= 0.6 is 11.3 Å². The highest BCUT2D eigenvalue weighted by molar-refractivity contribution is 7.16. The van der Waals surface area contributed by atoms with Gasteiger partial charge in [0.1, 0.15) is 17.2 Å². The van der Waals surface area contributed by atoms with Gasteiger partial charge in [-0.05, 0) is 30.2 Å². The molecule has 4 heteroatoms. The highest BCUT2D eigenvalue weighted by atomic mass is 32.1. The zero-order chi connectivity index (χ0) is 13.9. The van der Waals surface area contributed by atoms with Crippen LogP contribution in [0.4, 0.5) is 9.39 Å². The van der Waals surface area contributed by atoms with Crippen LogP contribution in [0, 0.1) is 17.2 Å². The standard InChI is InChI=1S/C12H15FN2S.C2H6/c1-6(2)7-3-4-9(13)11-10(7)8(5-14)12(15)16-11;1-2/h6-7,9H,3-4,15H2,1-2H3;1-2H3. The summed E-state index contributed by atoms with van der Waals surface area (Å²) in [5.74, 6) is 0.706. The topological polar surface area (TPSA) is 49.8 Å². The van der Waals surface area contributed by atoms with E-state index in [1.165, 1.54) is 11.3 Å². The van der Waals surface area contributed by atoms with Crippen molar-refractivity contribution in [3.8, 4) is 6.07 Å². The Kier molecular flexibility index (Phi) is 5.15. The summed E-state index contributed by atoms with van der Waals surface area (Å²) < 4.78 is 13.8. The lowest BCUT2D eigenvalue weighted by Gasteiger charge is -2.28. The van der Waals surface area contributed by atoms with Gasteiger partial charge < -0.3 is 5.73 Å². The fraction of sp³-hybridized carbons (Fsp3) is 0.643. The van der Waals surface area contributed by atoms with E-state index in [0.29, 0.717) is 27.8 Å². The van der Waals surface area contributed by atoms with E-state index >= 15 is 0 Å². The molecule has 0 fully saturated rings. The Morgan fingerprint density at radius 3 is 2.50 bits per heavy atom. The Labute approximate surface area is 113 Å². The van der Waals surface area contributed by atoms with E-state index in [4.69, 9.17) is 11.0 Å². The Morgan fingerprint density at radius 2 is 2.00 bits per heavy atom. The van der Waals surface area contributed by atoms with Crippen LogP contribution in [-0.4, -0.2) is 0 Å². The van der Waals surface area contributed by atoms with Gasteiger partial charge in [-0.2, -0.15) is 5.26 Å². The minimum absolute atomic E-state index is 0.283. The summed E-state index contributed by atoms with van der Waals surface area (Å²) in [6.45, 7) is 8.23. The predicted molar refractivity (Wildman–Crippen MR) is 75.5 cm³/mol. The van der Waals surface area contributed by atoms with Crippen molar-refractivity contribution in [1.82, 2.24) is 0 Å². The van der Waals surface area contributed by atoms with E-state index in [2.05, 4.69) is 19.9 Å². The number of nitrogens with zero attached hydrogens (tertiary/aromatic N) is 1. The van der Waals surface area contributed by atoms with Crippen molar-refractivity contribution < 1.29 is 4.39 Å². The Morgan fingerprint density at radius 1 is 1.39 bits per heavy atom. The molecular weight excluding hydrogens is 247 g/mol. The van der Waals surface area contributed by atoms with Gasteiger partial charge in [0.05, 0.1) is 5.56 Å². The lowest BCUT2D eigenvalue weighted by atomic mass is 9.78. The number of nitriles is 1. The maximum absolute atomic E-state index is 13.8. The molecule has 1 aliphatic rings. The van der Waals surface area contributed by atoms with Gasteiger partial charge in [-0.3, -0.25) is 0 Å². The Hall–Kier alpha value is -1.08. The van der Waals surface area contributed by atoms with Crippen molar-refractivity contribution in [2.24, 2.45) is 5.92 Å². The van der Waals surface area contributed by atoms with Gasteiger partial charge in [-0.15, -0.1) is 11.3 Å². The van der Waals surface area contributed by atoms with Gasteiger partial charge in [-0.25, -0.2) is 4.39 Å². The van der Waals surface area contributed by atoms with Crippen LogP contribution in [0.25, 0.3) is 0 Å². The SMILES string of the molecule is CC.CC(C)C1CCC(F)c2sc(N)c(C#N)c21. The van der Waals surface area contributed by atoms with Crippen molar-refractivity contribution in [2.75, 3.05) is 5.73 Å². The molecule has 0 aromatic carbocycles. The second-order valence-corrected chi connectivity index (χ2v) is 5.71. The van der Waals surface area contributed by atoms with Gasteiger partial charge in [0.25, 0.3) is 0 Å². The molecule has 0 spiro atoms. The number of anilines is 1. The van der Waals surface area contributed by atoms with Gasteiger partial charge in [0.15, 0.2) is 0 Å². The summed E-state index contributed by atoms with van der Waals surface area (Å²) in [6, 6.07) is 2.13. The fourth-order valence-corrected chi connectivity index (χ4v) is 3.57. The third kappa shape index (κ3) is 2.51. The van der Waals surface area contributed by atoms with E-state index in [-0.39, 0.29) is 5.92 Å². The van der Waals surface area contributed by atoms with Crippen LogP contribution in [0.15, 0.2) is 0 Å². The number of halogens is 1. The van der Waals surface area contributed by atoms with Crippen molar-refractivity contribution in [1.29, 1.82) is 5.26 Å². The predicted octanol–water partition coefficient (Wildman–Crippen LogP) is 4.77. The van der Waals surface area contributed by atoms with Crippen LogP contribution in [0.5, 0.6) is 0 Å². The van der Waals surface area contributed by atoms with Gasteiger partial charge in [-0.1, -0.05) is 27.7 Å². The number of nitrogens with two attached hydrogens (primary N) is 1. The highest BCUT2D eigenvalue weighted by Gasteiger charge is 2.34. The molecule has 2 atom stereocenters. The zero-order valence-corrected chi connectivity index (χ0v) is 12.3. The quantitative estimate of drug-likeness (QED) is 0.797. The molecule has 2 unspecified atom stereocenters. The monoisotopic (exact) mass is 268 g/mol. The molecule has 18 heavy (non-hydrogen) atoms. The molecule has 1 heterocycles. The second-order valence-electron chi connectivity index (χ2n) is 4.63. The maximum Gasteiger partial charge on any atom is 0.135 e. The van der Waals surface area contributed by atoms with Gasteiger partial charge >= 0.3 is 0 Å². The van der Waals surface area contributed by atoms with Gasteiger partial charge in [0, 0.05) is 4.88 Å². The molecule has 1 aromatic rings. The van der Waals surface area contributed by atoms with Crippen LogP contribution in [0.2, 0.25) is 0 Å². The minimum atomic E-state index is -0.931. The number of alkyl halides is 1.